The monoisotopic (exact) mass is 490 g/mol. The van der Waals surface area contributed by atoms with Crippen molar-refractivity contribution in [3.05, 3.63) is 77.2 Å². The van der Waals surface area contributed by atoms with E-state index in [9.17, 15) is 13.6 Å². The van der Waals surface area contributed by atoms with Gasteiger partial charge in [-0.3, -0.25) is 9.89 Å². The van der Waals surface area contributed by atoms with Crippen LogP contribution in [0.25, 0.3) is 22.8 Å². The number of nitrogens with two attached hydrogens (primary N) is 1. The molecule has 0 saturated carbocycles. The quantitative estimate of drug-likeness (QED) is 0.326. The molecule has 2 aromatic carbocycles. The highest BCUT2D eigenvalue weighted by molar-refractivity contribution is 5.95. The molecule has 0 radical (unpaired) electrons. The second kappa shape index (κ2) is 10.2. The molecule has 1 aliphatic rings. The van der Waals surface area contributed by atoms with E-state index in [0.29, 0.717) is 34.2 Å². The summed E-state index contributed by atoms with van der Waals surface area (Å²) in [7, 11) is 0. The second-order valence-electron chi connectivity index (χ2n) is 8.54. The van der Waals surface area contributed by atoms with E-state index in [1.807, 2.05) is 0 Å². The Kier molecular flexibility index (Phi) is 6.63. The largest absolute Gasteiger partial charge is 0.382 e. The standard InChI is InChI=1S/C25H24F2N8O/c26-18-7-2-8-19(27)17(18)12-31-25(36)15-5-1-4-14(10-15)20-13-30-22(28)21(32-20)24-33-23(34-35-24)16-6-3-9-29-11-16/h1-2,4-5,7-8,10,13,16,29H,3,6,9,11-12H2,(H2,28,30)(H,31,36)(H,33,34,35)/t16-/m0/s1. The summed E-state index contributed by atoms with van der Waals surface area (Å²) >= 11 is 0. The van der Waals surface area contributed by atoms with Crippen molar-refractivity contribution in [2.45, 2.75) is 25.3 Å². The summed E-state index contributed by atoms with van der Waals surface area (Å²) in [5, 5.41) is 13.2. The van der Waals surface area contributed by atoms with Crippen LogP contribution in [0.3, 0.4) is 0 Å². The van der Waals surface area contributed by atoms with E-state index in [0.717, 1.165) is 38.1 Å². The molecular formula is C25H24F2N8O. The number of nitrogens with one attached hydrogen (secondary N) is 3. The Balaban J connectivity index is 1.36. The molecule has 1 atom stereocenters. The molecular weight excluding hydrogens is 466 g/mol. The van der Waals surface area contributed by atoms with Crippen molar-refractivity contribution in [3.63, 3.8) is 0 Å². The Bertz CT molecular complexity index is 1380. The molecule has 0 aliphatic carbocycles. The van der Waals surface area contributed by atoms with Gasteiger partial charge in [-0.2, -0.15) is 5.10 Å². The number of hydrogen-bond donors (Lipinski definition) is 4. The van der Waals surface area contributed by atoms with Crippen molar-refractivity contribution >= 4 is 11.7 Å². The number of benzene rings is 2. The topological polar surface area (TPSA) is 134 Å². The van der Waals surface area contributed by atoms with Gasteiger partial charge in [-0.05, 0) is 43.7 Å². The van der Waals surface area contributed by atoms with Gasteiger partial charge in [0.1, 0.15) is 17.3 Å². The summed E-state index contributed by atoms with van der Waals surface area (Å²) in [4.78, 5) is 26.2. The minimum absolute atomic E-state index is 0.198. The van der Waals surface area contributed by atoms with Crippen LogP contribution in [0.2, 0.25) is 0 Å². The number of anilines is 1. The van der Waals surface area contributed by atoms with E-state index in [1.54, 1.807) is 24.3 Å². The van der Waals surface area contributed by atoms with Crippen LogP contribution in [-0.4, -0.2) is 44.1 Å². The van der Waals surface area contributed by atoms with Crippen molar-refractivity contribution in [1.82, 2.24) is 35.8 Å². The molecule has 36 heavy (non-hydrogen) atoms. The van der Waals surface area contributed by atoms with Gasteiger partial charge in [-0.25, -0.2) is 23.7 Å². The first-order valence-corrected chi connectivity index (χ1v) is 11.6. The Hall–Kier alpha value is -4.25. The van der Waals surface area contributed by atoms with E-state index < -0.39 is 17.5 Å². The highest BCUT2D eigenvalue weighted by Crippen LogP contribution is 2.26. The van der Waals surface area contributed by atoms with Gasteiger partial charge in [0.25, 0.3) is 5.91 Å². The number of hydrogen-bond acceptors (Lipinski definition) is 7. The van der Waals surface area contributed by atoms with Gasteiger partial charge in [0.15, 0.2) is 17.5 Å². The molecule has 5 N–H and O–H groups in total. The second-order valence-corrected chi connectivity index (χ2v) is 8.54. The molecule has 1 aliphatic heterocycles. The van der Waals surface area contributed by atoms with Crippen molar-refractivity contribution in [3.8, 4) is 22.8 Å². The van der Waals surface area contributed by atoms with Crippen LogP contribution >= 0.6 is 0 Å². The molecule has 2 aromatic heterocycles. The number of halogens is 2. The minimum atomic E-state index is -0.718. The molecule has 3 heterocycles. The summed E-state index contributed by atoms with van der Waals surface area (Å²) in [5.41, 5.74) is 7.64. The first kappa shape index (κ1) is 23.5. The summed E-state index contributed by atoms with van der Waals surface area (Å²) in [6, 6.07) is 10.2. The third-order valence-corrected chi connectivity index (χ3v) is 6.10. The van der Waals surface area contributed by atoms with Gasteiger partial charge < -0.3 is 16.4 Å². The number of aromatic nitrogens is 5. The lowest BCUT2D eigenvalue weighted by Crippen LogP contribution is -2.28. The summed E-state index contributed by atoms with van der Waals surface area (Å²) < 4.78 is 27.7. The van der Waals surface area contributed by atoms with Gasteiger partial charge in [0.2, 0.25) is 0 Å². The van der Waals surface area contributed by atoms with Gasteiger partial charge in [-0.1, -0.05) is 18.2 Å². The van der Waals surface area contributed by atoms with Gasteiger partial charge in [0, 0.05) is 35.7 Å². The molecule has 1 fully saturated rings. The highest BCUT2D eigenvalue weighted by Gasteiger charge is 2.21. The van der Waals surface area contributed by atoms with E-state index in [-0.39, 0.29) is 23.8 Å². The average Bonchev–Trinajstić information content (AvgIpc) is 3.39. The fourth-order valence-electron chi connectivity index (χ4n) is 4.14. The van der Waals surface area contributed by atoms with Gasteiger partial charge >= 0.3 is 0 Å². The SMILES string of the molecule is Nc1ncc(-c2cccc(C(=O)NCc3c(F)cccc3F)c2)nc1-c1nc([C@H]2CCCNC2)n[nH]1. The number of rotatable bonds is 6. The predicted molar refractivity (Wildman–Crippen MR) is 130 cm³/mol. The maximum atomic E-state index is 13.9. The van der Waals surface area contributed by atoms with E-state index in [2.05, 4.69) is 35.8 Å². The summed E-state index contributed by atoms with van der Waals surface area (Å²) in [5.74, 6) is -0.382. The number of carbonyl (C=O) groups is 1. The first-order chi connectivity index (χ1) is 17.5. The lowest BCUT2D eigenvalue weighted by molar-refractivity contribution is 0.0950. The molecule has 0 unspecified atom stereocenters. The number of piperidine rings is 1. The van der Waals surface area contributed by atoms with Gasteiger partial charge in [0.05, 0.1) is 11.9 Å². The zero-order valence-electron chi connectivity index (χ0n) is 19.3. The molecule has 0 spiro atoms. The third-order valence-electron chi connectivity index (χ3n) is 6.10. The molecule has 1 amide bonds. The van der Waals surface area contributed by atoms with Gasteiger partial charge in [-0.15, -0.1) is 0 Å². The van der Waals surface area contributed by atoms with E-state index in [4.69, 9.17) is 5.73 Å². The molecule has 184 valence electrons. The van der Waals surface area contributed by atoms with E-state index in [1.165, 1.54) is 12.3 Å². The van der Waals surface area contributed by atoms with E-state index >= 15 is 0 Å². The Labute approximate surface area is 205 Å². The van der Waals surface area contributed by atoms with Crippen LogP contribution in [0.4, 0.5) is 14.6 Å². The van der Waals surface area contributed by atoms with Crippen molar-refractivity contribution in [2.24, 2.45) is 0 Å². The van der Waals surface area contributed by atoms with Crippen LogP contribution in [0.15, 0.2) is 48.7 Å². The predicted octanol–water partition coefficient (Wildman–Crippen LogP) is 3.19. The number of nitrogens with zero attached hydrogens (tertiary/aromatic N) is 4. The average molecular weight is 491 g/mol. The Morgan fingerprint density at radius 2 is 1.94 bits per heavy atom. The van der Waals surface area contributed by atoms with Crippen LogP contribution in [0.5, 0.6) is 0 Å². The molecule has 4 aromatic rings. The highest BCUT2D eigenvalue weighted by atomic mass is 19.1. The lowest BCUT2D eigenvalue weighted by atomic mass is 9.99. The number of carbonyl (C=O) groups excluding carboxylic acids is 1. The fraction of sp³-hybridized carbons (Fsp3) is 0.240. The van der Waals surface area contributed by atoms with Crippen molar-refractivity contribution in [2.75, 3.05) is 18.8 Å². The molecule has 1 saturated heterocycles. The minimum Gasteiger partial charge on any atom is -0.382 e. The van der Waals surface area contributed by atoms with Crippen LogP contribution < -0.4 is 16.4 Å². The first-order valence-electron chi connectivity index (χ1n) is 11.6. The maximum absolute atomic E-state index is 13.9. The number of H-pyrrole nitrogens is 1. The number of amides is 1. The van der Waals surface area contributed by atoms with Crippen LogP contribution in [-0.2, 0) is 6.54 Å². The van der Waals surface area contributed by atoms with Crippen LogP contribution in [0.1, 0.15) is 40.5 Å². The normalized spacial score (nSPS) is 15.6. The number of nitrogen functional groups attached to an aromatic ring is 1. The zero-order chi connectivity index (χ0) is 25.1. The molecule has 9 nitrogen and oxygen atoms in total. The molecule has 11 heteroatoms. The molecule has 0 bridgehead atoms. The maximum Gasteiger partial charge on any atom is 0.251 e. The van der Waals surface area contributed by atoms with Crippen LogP contribution in [0, 0.1) is 11.6 Å². The third kappa shape index (κ3) is 4.91. The number of aromatic amines is 1. The zero-order valence-corrected chi connectivity index (χ0v) is 19.3. The Morgan fingerprint density at radius 3 is 2.72 bits per heavy atom. The summed E-state index contributed by atoms with van der Waals surface area (Å²) in [6.45, 7) is 1.53. The summed E-state index contributed by atoms with van der Waals surface area (Å²) in [6.07, 6.45) is 3.57. The molecule has 5 rings (SSSR count). The smallest absolute Gasteiger partial charge is 0.251 e. The fourth-order valence-corrected chi connectivity index (χ4v) is 4.14. The van der Waals surface area contributed by atoms with Crippen molar-refractivity contribution in [1.29, 1.82) is 0 Å². The Morgan fingerprint density at radius 1 is 1.14 bits per heavy atom. The lowest BCUT2D eigenvalue weighted by Gasteiger charge is -2.19. The van der Waals surface area contributed by atoms with Crippen molar-refractivity contribution < 1.29 is 13.6 Å².